The maximum atomic E-state index is 13.2. The molecule has 0 unspecified atom stereocenters. The van der Waals surface area contributed by atoms with Crippen molar-refractivity contribution in [2.45, 2.75) is 0 Å². The molecule has 0 atom stereocenters. The number of rotatable bonds is 5. The number of halogens is 2. The van der Waals surface area contributed by atoms with Crippen LogP contribution in [0.3, 0.4) is 0 Å². The molecule has 7 nitrogen and oxygen atoms in total. The highest BCUT2D eigenvalue weighted by Gasteiger charge is 2.17. The number of aromatic nitrogens is 2. The Morgan fingerprint density at radius 2 is 1.85 bits per heavy atom. The maximum absolute atomic E-state index is 13.2. The van der Waals surface area contributed by atoms with Gasteiger partial charge in [0.1, 0.15) is 28.6 Å². The zero-order valence-corrected chi connectivity index (χ0v) is 18.3. The number of ether oxygens (including phenoxy) is 1. The summed E-state index contributed by atoms with van der Waals surface area (Å²) in [6.07, 6.45) is 2.69. The minimum absolute atomic E-state index is 0.0585. The predicted molar refractivity (Wildman–Crippen MR) is 127 cm³/mol. The van der Waals surface area contributed by atoms with E-state index in [1.165, 1.54) is 16.7 Å². The van der Waals surface area contributed by atoms with Gasteiger partial charge in [0.2, 0.25) is 5.88 Å². The van der Waals surface area contributed by atoms with Crippen molar-refractivity contribution in [1.29, 1.82) is 5.26 Å². The summed E-state index contributed by atoms with van der Waals surface area (Å²) < 4.78 is 7.12. The molecule has 0 saturated heterocycles. The van der Waals surface area contributed by atoms with Crippen molar-refractivity contribution < 1.29 is 9.53 Å². The first-order valence-electron chi connectivity index (χ1n) is 9.58. The number of hydrogen-bond acceptors (Lipinski definition) is 5. The van der Waals surface area contributed by atoms with Gasteiger partial charge in [0.05, 0.1) is 0 Å². The molecule has 2 aromatic heterocycles. The van der Waals surface area contributed by atoms with Crippen LogP contribution in [0, 0.1) is 11.3 Å². The molecule has 9 heteroatoms. The van der Waals surface area contributed by atoms with Crippen LogP contribution in [-0.2, 0) is 4.79 Å². The van der Waals surface area contributed by atoms with Gasteiger partial charge in [-0.15, -0.1) is 0 Å². The molecular weight excluding hydrogens is 463 g/mol. The summed E-state index contributed by atoms with van der Waals surface area (Å²) in [5.74, 6) is -0.394. The number of carbonyl (C=O) groups excluding carboxylic acids is 1. The summed E-state index contributed by atoms with van der Waals surface area (Å²) in [5, 5.41) is 13.1. The topological polar surface area (TPSA) is 96.5 Å². The summed E-state index contributed by atoms with van der Waals surface area (Å²) in [6, 6.07) is 19.8. The largest absolute Gasteiger partial charge is 0.438 e. The Hall–Kier alpha value is -4.12. The quantitative estimate of drug-likeness (QED) is 0.309. The number of nitrogens with one attached hydrogen (secondary N) is 1. The fraction of sp³-hybridized carbons (Fsp3) is 0. The summed E-state index contributed by atoms with van der Waals surface area (Å²) >= 11 is 11.9. The van der Waals surface area contributed by atoms with Crippen molar-refractivity contribution in [3.8, 4) is 17.7 Å². The number of fused-ring (bicyclic) bond motifs is 1. The number of amides is 1. The summed E-state index contributed by atoms with van der Waals surface area (Å²) in [4.78, 5) is 30.3. The molecular formula is C24H14Cl2N4O3. The van der Waals surface area contributed by atoms with E-state index in [0.717, 1.165) is 6.08 Å². The normalized spacial score (nSPS) is 11.1. The van der Waals surface area contributed by atoms with Gasteiger partial charge in [-0.1, -0.05) is 35.3 Å². The zero-order valence-electron chi connectivity index (χ0n) is 16.8. The summed E-state index contributed by atoms with van der Waals surface area (Å²) in [5.41, 5.74) is -0.143. The van der Waals surface area contributed by atoms with Crippen LogP contribution in [0.5, 0.6) is 11.6 Å². The fourth-order valence-corrected chi connectivity index (χ4v) is 3.27. The lowest BCUT2D eigenvalue weighted by atomic mass is 10.1. The second-order valence-corrected chi connectivity index (χ2v) is 7.63. The Morgan fingerprint density at radius 1 is 1.06 bits per heavy atom. The third-order valence-corrected chi connectivity index (χ3v) is 4.99. The van der Waals surface area contributed by atoms with Gasteiger partial charge in [-0.3, -0.25) is 14.0 Å². The number of carbonyl (C=O) groups is 1. The minimum atomic E-state index is -0.713. The van der Waals surface area contributed by atoms with Crippen LogP contribution in [-0.4, -0.2) is 15.3 Å². The number of anilines is 1. The first kappa shape index (κ1) is 22.1. The first-order chi connectivity index (χ1) is 15.9. The zero-order chi connectivity index (χ0) is 23.4. The molecule has 0 aliphatic heterocycles. The third kappa shape index (κ3) is 5.04. The number of pyridine rings is 1. The minimum Gasteiger partial charge on any atom is -0.438 e. The van der Waals surface area contributed by atoms with Crippen LogP contribution in [0.15, 0.2) is 83.3 Å². The van der Waals surface area contributed by atoms with Gasteiger partial charge in [0, 0.05) is 21.9 Å². The van der Waals surface area contributed by atoms with Crippen molar-refractivity contribution in [3.05, 3.63) is 104 Å². The molecule has 0 radical (unpaired) electrons. The predicted octanol–water partition coefficient (Wildman–Crippen LogP) is 5.34. The van der Waals surface area contributed by atoms with Gasteiger partial charge in [0.25, 0.3) is 11.5 Å². The van der Waals surface area contributed by atoms with Gasteiger partial charge in [0.15, 0.2) is 0 Å². The van der Waals surface area contributed by atoms with Gasteiger partial charge >= 0.3 is 0 Å². The van der Waals surface area contributed by atoms with E-state index in [2.05, 4.69) is 10.3 Å². The van der Waals surface area contributed by atoms with Gasteiger partial charge < -0.3 is 10.1 Å². The molecule has 33 heavy (non-hydrogen) atoms. The van der Waals surface area contributed by atoms with Crippen LogP contribution < -0.4 is 15.6 Å². The van der Waals surface area contributed by atoms with E-state index < -0.39 is 11.5 Å². The molecule has 0 aliphatic carbocycles. The Bertz CT molecular complexity index is 1490. The average molecular weight is 477 g/mol. The molecule has 0 bridgehead atoms. The van der Waals surface area contributed by atoms with E-state index in [1.54, 1.807) is 60.7 Å². The third-order valence-electron chi connectivity index (χ3n) is 4.50. The molecule has 0 saturated carbocycles. The second-order valence-electron chi connectivity index (χ2n) is 6.75. The second kappa shape index (κ2) is 9.57. The van der Waals surface area contributed by atoms with Crippen LogP contribution in [0.4, 0.5) is 5.69 Å². The molecule has 4 aromatic rings. The van der Waals surface area contributed by atoms with Crippen molar-refractivity contribution in [2.75, 3.05) is 5.32 Å². The van der Waals surface area contributed by atoms with Crippen LogP contribution in [0.2, 0.25) is 10.0 Å². The standard InChI is InChI=1S/C24H14Cl2N4O3/c25-16-7-9-19(10-8-16)33-23-20(24(32)30-11-2-1-6-21(30)29-23)12-15(14-27)22(31)28-18-5-3-4-17(26)13-18/h1-13H,(H,28,31)/b15-12+. The molecule has 2 aromatic carbocycles. The van der Waals surface area contributed by atoms with E-state index in [1.807, 2.05) is 6.07 Å². The lowest BCUT2D eigenvalue weighted by Crippen LogP contribution is -2.20. The summed E-state index contributed by atoms with van der Waals surface area (Å²) in [6.45, 7) is 0. The average Bonchev–Trinajstić information content (AvgIpc) is 2.80. The van der Waals surface area contributed by atoms with Crippen molar-refractivity contribution in [2.24, 2.45) is 0 Å². The first-order valence-corrected chi connectivity index (χ1v) is 10.3. The van der Waals surface area contributed by atoms with Crippen molar-refractivity contribution >= 4 is 46.5 Å². The highest BCUT2D eigenvalue weighted by molar-refractivity contribution is 6.31. The number of nitriles is 1. The molecule has 1 amide bonds. The van der Waals surface area contributed by atoms with Gasteiger partial charge in [-0.05, 0) is 60.7 Å². The maximum Gasteiger partial charge on any atom is 0.269 e. The van der Waals surface area contributed by atoms with E-state index in [0.29, 0.717) is 27.1 Å². The van der Waals surface area contributed by atoms with Crippen LogP contribution >= 0.6 is 23.2 Å². The highest BCUT2D eigenvalue weighted by Crippen LogP contribution is 2.25. The van der Waals surface area contributed by atoms with E-state index in [4.69, 9.17) is 27.9 Å². The van der Waals surface area contributed by atoms with Gasteiger partial charge in [-0.25, -0.2) is 0 Å². The fourth-order valence-electron chi connectivity index (χ4n) is 2.96. The number of benzene rings is 2. The van der Waals surface area contributed by atoms with E-state index in [9.17, 15) is 14.9 Å². The summed E-state index contributed by atoms with van der Waals surface area (Å²) in [7, 11) is 0. The molecule has 1 N–H and O–H groups in total. The molecule has 162 valence electrons. The molecule has 0 spiro atoms. The Kier molecular flexibility index (Phi) is 6.41. The lowest BCUT2D eigenvalue weighted by Gasteiger charge is -2.10. The van der Waals surface area contributed by atoms with E-state index in [-0.39, 0.29) is 17.0 Å². The Balaban J connectivity index is 1.79. The van der Waals surface area contributed by atoms with Crippen LogP contribution in [0.1, 0.15) is 5.56 Å². The lowest BCUT2D eigenvalue weighted by molar-refractivity contribution is -0.112. The monoisotopic (exact) mass is 476 g/mol. The SMILES string of the molecule is N#C/C(=C\c1c(Oc2ccc(Cl)cc2)nc2ccccn2c1=O)C(=O)Nc1cccc(Cl)c1. The van der Waals surface area contributed by atoms with Gasteiger partial charge in [-0.2, -0.15) is 10.2 Å². The highest BCUT2D eigenvalue weighted by atomic mass is 35.5. The Labute approximate surface area is 198 Å². The molecule has 4 rings (SSSR count). The van der Waals surface area contributed by atoms with Crippen molar-refractivity contribution in [3.63, 3.8) is 0 Å². The molecule has 0 aliphatic rings. The molecule has 0 fully saturated rings. The van der Waals surface area contributed by atoms with E-state index >= 15 is 0 Å². The Morgan fingerprint density at radius 3 is 2.58 bits per heavy atom. The number of nitrogens with zero attached hydrogens (tertiary/aromatic N) is 3. The smallest absolute Gasteiger partial charge is 0.269 e. The van der Waals surface area contributed by atoms with Crippen molar-refractivity contribution in [1.82, 2.24) is 9.38 Å². The molecule has 2 heterocycles. The number of hydrogen-bond donors (Lipinski definition) is 1. The van der Waals surface area contributed by atoms with Crippen LogP contribution in [0.25, 0.3) is 11.7 Å².